The first-order valence-corrected chi connectivity index (χ1v) is 3.14. The summed E-state index contributed by atoms with van der Waals surface area (Å²) in [6.45, 7) is 0. The van der Waals surface area contributed by atoms with Gasteiger partial charge in [-0.05, 0) is 0 Å². The molecule has 0 heterocycles. The molecule has 0 aliphatic rings. The minimum Gasteiger partial charge on any atom is -0.545 e. The van der Waals surface area contributed by atoms with Gasteiger partial charge in [0.15, 0.2) is 0 Å². The Hall–Kier alpha value is -0.0748. The average Bonchev–Trinajstić information content (AvgIpc) is 2.04. The first-order chi connectivity index (χ1) is 5.63. The fraction of sp³-hybridized carbons (Fsp3) is 0. The van der Waals surface area contributed by atoms with Crippen molar-refractivity contribution >= 4 is 11.9 Å². The van der Waals surface area contributed by atoms with E-state index in [0.717, 1.165) is 12.1 Å². The predicted octanol–water partition coefficient (Wildman–Crippen LogP) is -4.21. The zero-order valence-corrected chi connectivity index (χ0v) is 12.9. The largest absolute Gasteiger partial charge is 1.00 e. The summed E-state index contributed by atoms with van der Waals surface area (Å²) in [5.74, 6) is -3.04. The van der Waals surface area contributed by atoms with Crippen molar-refractivity contribution in [1.82, 2.24) is 6.15 Å². The Labute approximate surface area is 130 Å². The van der Waals surface area contributed by atoms with Crippen LogP contribution in [0.2, 0.25) is 0 Å². The van der Waals surface area contributed by atoms with Crippen molar-refractivity contribution in [1.29, 1.82) is 0 Å². The second-order valence-corrected chi connectivity index (χ2v) is 2.12. The van der Waals surface area contributed by atoms with Gasteiger partial charge in [0.25, 0.3) is 0 Å². The number of benzene rings is 1. The quantitative estimate of drug-likeness (QED) is 0.584. The number of carboxylic acids is 2. The minimum atomic E-state index is -1.52. The maximum atomic E-state index is 10.3. The van der Waals surface area contributed by atoms with Gasteiger partial charge in [0.05, 0.1) is 11.9 Å². The fourth-order valence-corrected chi connectivity index (χ4v) is 0.839. The van der Waals surface area contributed by atoms with E-state index in [1.807, 2.05) is 0 Å². The smallest absolute Gasteiger partial charge is 0.545 e. The maximum Gasteiger partial charge on any atom is 1.00 e. The molecule has 0 unspecified atom stereocenters. The molecule has 14 heavy (non-hydrogen) atoms. The number of carbonyl (C=O) groups excluding carboxylic acids is 2. The molecule has 0 radical (unpaired) electrons. The van der Waals surface area contributed by atoms with Crippen LogP contribution < -0.4 is 74.6 Å². The van der Waals surface area contributed by atoms with Gasteiger partial charge in [-0.15, -0.1) is 0 Å². The van der Waals surface area contributed by atoms with Gasteiger partial charge in [0, 0.05) is 11.1 Å². The van der Waals surface area contributed by atoms with Crippen LogP contribution >= 0.6 is 0 Å². The molecule has 0 fully saturated rings. The third-order valence-electron chi connectivity index (χ3n) is 1.37. The SMILES string of the molecule is O=C([O-])c1ccccc1C(=O)[O-].[NH4+].[Rb+]. The number of rotatable bonds is 2. The molecule has 0 spiro atoms. The zero-order valence-electron chi connectivity index (χ0n) is 7.94. The molecule has 1 rings (SSSR count). The van der Waals surface area contributed by atoms with E-state index < -0.39 is 11.9 Å². The summed E-state index contributed by atoms with van der Waals surface area (Å²) >= 11 is 0. The summed E-state index contributed by atoms with van der Waals surface area (Å²) in [6, 6.07) is 5.14. The van der Waals surface area contributed by atoms with Crippen LogP contribution in [0.4, 0.5) is 0 Å². The van der Waals surface area contributed by atoms with Crippen molar-refractivity contribution in [2.75, 3.05) is 0 Å². The number of carboxylic acid groups (broad SMARTS) is 2. The van der Waals surface area contributed by atoms with E-state index in [4.69, 9.17) is 0 Å². The molecule has 6 heteroatoms. The number of aromatic carboxylic acids is 2. The van der Waals surface area contributed by atoms with Crippen molar-refractivity contribution in [2.45, 2.75) is 0 Å². The van der Waals surface area contributed by atoms with Crippen molar-refractivity contribution in [2.24, 2.45) is 0 Å². The second-order valence-electron chi connectivity index (χ2n) is 2.12. The first kappa shape index (κ1) is 16.4. The van der Waals surface area contributed by atoms with Crippen LogP contribution in [0.1, 0.15) is 20.7 Å². The molecule has 0 atom stereocenters. The van der Waals surface area contributed by atoms with Gasteiger partial charge in [-0.25, -0.2) is 0 Å². The molecule has 0 aliphatic carbocycles. The van der Waals surface area contributed by atoms with E-state index in [2.05, 4.69) is 0 Å². The molecule has 0 bridgehead atoms. The molecule has 70 valence electrons. The third-order valence-corrected chi connectivity index (χ3v) is 1.37. The number of hydrogen-bond acceptors (Lipinski definition) is 4. The van der Waals surface area contributed by atoms with E-state index in [1.165, 1.54) is 12.1 Å². The topological polar surface area (TPSA) is 117 Å². The molecule has 0 saturated heterocycles. The average molecular weight is 268 g/mol. The number of quaternary nitrogens is 1. The van der Waals surface area contributed by atoms with Gasteiger partial charge in [0.1, 0.15) is 0 Å². The van der Waals surface area contributed by atoms with Crippen LogP contribution in [0.25, 0.3) is 0 Å². The summed E-state index contributed by atoms with van der Waals surface area (Å²) in [4.78, 5) is 20.6. The standard InChI is InChI=1S/C8H6O4.H3N.Rb/c9-7(10)5-3-1-2-4-6(5)8(11)12;;/h1-4H,(H,9,10)(H,11,12);1H3;/q;;+1/p-1. The molecule has 0 saturated carbocycles. The molecule has 1 aromatic rings. The van der Waals surface area contributed by atoms with E-state index in [-0.39, 0.29) is 75.5 Å². The number of carbonyl (C=O) groups is 2. The van der Waals surface area contributed by atoms with Gasteiger partial charge in [-0.2, -0.15) is 0 Å². The summed E-state index contributed by atoms with van der Waals surface area (Å²) in [5, 5.41) is 20.6. The third kappa shape index (κ3) is 3.97. The normalized spacial score (nSPS) is 8.00. The van der Waals surface area contributed by atoms with Crippen molar-refractivity contribution < 1.29 is 78.0 Å². The van der Waals surface area contributed by atoms with Crippen molar-refractivity contribution in [3.63, 3.8) is 0 Å². The van der Waals surface area contributed by atoms with Gasteiger partial charge < -0.3 is 26.0 Å². The summed E-state index contributed by atoms with van der Waals surface area (Å²) in [7, 11) is 0. The van der Waals surface area contributed by atoms with Crippen LogP contribution in [0, 0.1) is 0 Å². The van der Waals surface area contributed by atoms with Crippen LogP contribution in [-0.4, -0.2) is 11.9 Å². The molecule has 0 aromatic heterocycles. The molecule has 1 aromatic carbocycles. The monoisotopic (exact) mass is 267 g/mol. The summed E-state index contributed by atoms with van der Waals surface area (Å²) < 4.78 is 0. The first-order valence-electron chi connectivity index (χ1n) is 3.14. The van der Waals surface area contributed by atoms with Crippen LogP contribution in [0.15, 0.2) is 24.3 Å². The maximum absolute atomic E-state index is 10.3. The summed E-state index contributed by atoms with van der Waals surface area (Å²) in [6.07, 6.45) is 0. The Kier molecular flexibility index (Phi) is 8.47. The van der Waals surface area contributed by atoms with Crippen LogP contribution in [0.3, 0.4) is 0 Å². The molecule has 0 aliphatic heterocycles. The van der Waals surface area contributed by atoms with Crippen LogP contribution in [-0.2, 0) is 0 Å². The van der Waals surface area contributed by atoms with E-state index in [0.29, 0.717) is 0 Å². The molecule has 5 nitrogen and oxygen atoms in total. The Morgan fingerprint density at radius 1 is 0.929 bits per heavy atom. The molecule has 0 amide bonds. The molecule has 4 N–H and O–H groups in total. The van der Waals surface area contributed by atoms with Crippen molar-refractivity contribution in [3.8, 4) is 0 Å². The summed E-state index contributed by atoms with van der Waals surface area (Å²) in [5.41, 5.74) is -0.727. The Balaban J connectivity index is 0. The van der Waals surface area contributed by atoms with Crippen molar-refractivity contribution in [3.05, 3.63) is 35.4 Å². The Morgan fingerprint density at radius 3 is 1.43 bits per heavy atom. The van der Waals surface area contributed by atoms with E-state index in [9.17, 15) is 19.8 Å². The van der Waals surface area contributed by atoms with Gasteiger partial charge in [-0.3, -0.25) is 0 Å². The minimum absolute atomic E-state index is 0. The van der Waals surface area contributed by atoms with E-state index >= 15 is 0 Å². The Morgan fingerprint density at radius 2 is 1.21 bits per heavy atom. The molecular weight excluding hydrogens is 260 g/mol. The zero-order chi connectivity index (χ0) is 9.14. The van der Waals surface area contributed by atoms with Gasteiger partial charge >= 0.3 is 58.2 Å². The van der Waals surface area contributed by atoms with E-state index in [1.54, 1.807) is 0 Å². The number of hydrogen-bond donors (Lipinski definition) is 1. The van der Waals surface area contributed by atoms with Crippen LogP contribution in [0.5, 0.6) is 0 Å². The second kappa shape index (κ2) is 7.25. The van der Waals surface area contributed by atoms with Gasteiger partial charge in [0.2, 0.25) is 0 Å². The molecular formula is C8H8NO4Rb. The fourth-order valence-electron chi connectivity index (χ4n) is 0.839. The predicted molar refractivity (Wildman–Crippen MR) is 41.1 cm³/mol. The van der Waals surface area contributed by atoms with Gasteiger partial charge in [-0.1, -0.05) is 24.3 Å². The Bertz CT molecular complexity index is 307.